The van der Waals surface area contributed by atoms with E-state index in [-0.39, 0.29) is 19.0 Å². The second-order valence-corrected chi connectivity index (χ2v) is 3.57. The topological polar surface area (TPSA) is 83.4 Å². The summed E-state index contributed by atoms with van der Waals surface area (Å²) in [6, 6.07) is -0.625. The minimum Gasteiger partial charge on any atom is -1.00 e. The molecule has 1 aromatic rings. The van der Waals surface area contributed by atoms with Gasteiger partial charge in [-0.15, -0.1) is 0 Å². The number of aliphatic carboxylic acids is 2. The molecule has 0 saturated heterocycles. The number of carboxylic acid groups (broad SMARTS) is 2. The zero-order chi connectivity index (χ0) is 12.1. The van der Waals surface area contributed by atoms with Crippen LogP contribution < -0.4 is 17.0 Å². The summed E-state index contributed by atoms with van der Waals surface area (Å²) in [6.07, 6.45) is 5.92. The van der Waals surface area contributed by atoms with E-state index >= 15 is 0 Å². The van der Waals surface area contributed by atoms with Gasteiger partial charge in [0.25, 0.3) is 0 Å². The zero-order valence-electron chi connectivity index (χ0n) is 9.41. The summed E-state index contributed by atoms with van der Waals surface area (Å²) in [6.45, 7) is 1.75. The summed E-state index contributed by atoms with van der Waals surface area (Å²) in [5.41, 5.74) is 0. The SMILES string of the molecule is CCCC(C(=O)O)n1cc[n+](CC(=O)O)c1.[Cl-]. The summed E-state index contributed by atoms with van der Waals surface area (Å²) in [7, 11) is 0. The van der Waals surface area contributed by atoms with E-state index < -0.39 is 18.0 Å². The number of aromatic nitrogens is 2. The predicted molar refractivity (Wildman–Crippen MR) is 53.8 cm³/mol. The van der Waals surface area contributed by atoms with Crippen LogP contribution >= 0.6 is 0 Å². The van der Waals surface area contributed by atoms with Gasteiger partial charge < -0.3 is 22.6 Å². The number of carboxylic acids is 2. The molecule has 0 aromatic carbocycles. The molecule has 0 aliphatic rings. The molecule has 0 aliphatic carbocycles. The van der Waals surface area contributed by atoms with E-state index in [0.29, 0.717) is 6.42 Å². The molecule has 1 aromatic heterocycles. The summed E-state index contributed by atoms with van der Waals surface area (Å²) in [5.74, 6) is -1.86. The Bertz CT molecular complexity index is 391. The summed E-state index contributed by atoms with van der Waals surface area (Å²) < 4.78 is 2.96. The lowest BCUT2D eigenvalue weighted by Gasteiger charge is -2.06. The third-order valence-corrected chi connectivity index (χ3v) is 2.24. The Balaban J connectivity index is 0.00000256. The number of nitrogens with zero attached hydrogens (tertiary/aromatic N) is 2. The van der Waals surface area contributed by atoms with Crippen molar-refractivity contribution in [2.24, 2.45) is 0 Å². The fraction of sp³-hybridized carbons (Fsp3) is 0.500. The first kappa shape index (κ1) is 15.4. The van der Waals surface area contributed by atoms with Crippen molar-refractivity contribution in [1.82, 2.24) is 4.57 Å². The van der Waals surface area contributed by atoms with E-state index in [2.05, 4.69) is 0 Å². The van der Waals surface area contributed by atoms with Crippen LogP contribution in [0, 0.1) is 0 Å². The van der Waals surface area contributed by atoms with Crippen LogP contribution in [0.5, 0.6) is 0 Å². The molecule has 0 fully saturated rings. The fourth-order valence-corrected chi connectivity index (χ4v) is 1.52. The molecule has 0 spiro atoms. The van der Waals surface area contributed by atoms with Crippen molar-refractivity contribution in [1.29, 1.82) is 0 Å². The Hall–Kier alpha value is -1.56. The molecule has 0 aliphatic heterocycles. The third kappa shape index (κ3) is 4.44. The molecule has 6 nitrogen and oxygen atoms in total. The lowest BCUT2D eigenvalue weighted by Crippen LogP contribution is -3.00. The normalized spacial score (nSPS) is 11.6. The van der Waals surface area contributed by atoms with Crippen molar-refractivity contribution in [3.8, 4) is 0 Å². The number of hydrogen-bond donors (Lipinski definition) is 2. The second-order valence-electron chi connectivity index (χ2n) is 3.57. The standard InChI is InChI=1S/C10H14N2O4.ClH/c1-2-3-8(10(15)16)12-5-4-11(7-12)6-9(13)14;/h4-5,7-8H,2-3,6H2,1H3,(H-,13,14,15,16);1H. The van der Waals surface area contributed by atoms with Crippen molar-refractivity contribution in [3.63, 3.8) is 0 Å². The molecule has 1 unspecified atom stereocenters. The van der Waals surface area contributed by atoms with Gasteiger partial charge in [0.1, 0.15) is 12.4 Å². The van der Waals surface area contributed by atoms with Crippen LogP contribution in [0.1, 0.15) is 25.8 Å². The van der Waals surface area contributed by atoms with E-state index in [1.165, 1.54) is 15.5 Å². The third-order valence-electron chi connectivity index (χ3n) is 2.24. The molecule has 2 N–H and O–H groups in total. The highest BCUT2D eigenvalue weighted by molar-refractivity contribution is 5.71. The fourth-order valence-electron chi connectivity index (χ4n) is 1.52. The summed E-state index contributed by atoms with van der Waals surface area (Å²) >= 11 is 0. The average Bonchev–Trinajstić information content (AvgIpc) is 2.60. The van der Waals surface area contributed by atoms with Crippen LogP contribution in [-0.2, 0) is 16.1 Å². The van der Waals surface area contributed by atoms with Crippen LogP contribution in [0.3, 0.4) is 0 Å². The molecular formula is C10H15ClN2O4. The van der Waals surface area contributed by atoms with Crippen LogP contribution in [0.15, 0.2) is 18.7 Å². The molecule has 0 radical (unpaired) electrons. The van der Waals surface area contributed by atoms with Gasteiger partial charge in [-0.25, -0.2) is 18.7 Å². The van der Waals surface area contributed by atoms with E-state index in [9.17, 15) is 9.59 Å². The van der Waals surface area contributed by atoms with Crippen molar-refractivity contribution in [3.05, 3.63) is 18.7 Å². The lowest BCUT2D eigenvalue weighted by molar-refractivity contribution is -0.685. The van der Waals surface area contributed by atoms with Gasteiger partial charge in [0.2, 0.25) is 6.33 Å². The van der Waals surface area contributed by atoms with E-state index in [0.717, 1.165) is 6.42 Å². The predicted octanol–water partition coefficient (Wildman–Crippen LogP) is -2.71. The second kappa shape index (κ2) is 6.90. The number of hydrogen-bond acceptors (Lipinski definition) is 2. The Morgan fingerprint density at radius 1 is 1.41 bits per heavy atom. The van der Waals surface area contributed by atoms with E-state index in [1.807, 2.05) is 6.92 Å². The Kier molecular flexibility index (Phi) is 6.27. The van der Waals surface area contributed by atoms with Crippen LogP contribution in [0.4, 0.5) is 0 Å². The minimum absolute atomic E-state index is 0. The Morgan fingerprint density at radius 2 is 2.06 bits per heavy atom. The number of imidazole rings is 1. The maximum absolute atomic E-state index is 11.0. The first-order chi connectivity index (χ1) is 7.54. The molecule has 0 saturated carbocycles. The van der Waals surface area contributed by atoms with Gasteiger partial charge in [0, 0.05) is 0 Å². The molecule has 1 atom stereocenters. The monoisotopic (exact) mass is 262 g/mol. The lowest BCUT2D eigenvalue weighted by atomic mass is 10.2. The van der Waals surface area contributed by atoms with Gasteiger partial charge in [0.15, 0.2) is 12.6 Å². The first-order valence-corrected chi connectivity index (χ1v) is 5.05. The molecule has 0 amide bonds. The maximum Gasteiger partial charge on any atom is 0.349 e. The van der Waals surface area contributed by atoms with Gasteiger partial charge in [-0.1, -0.05) is 13.3 Å². The first-order valence-electron chi connectivity index (χ1n) is 5.05. The van der Waals surface area contributed by atoms with Crippen LogP contribution in [-0.4, -0.2) is 26.7 Å². The molecular weight excluding hydrogens is 248 g/mol. The molecule has 0 bridgehead atoms. The van der Waals surface area contributed by atoms with Gasteiger partial charge >= 0.3 is 11.9 Å². The van der Waals surface area contributed by atoms with Gasteiger partial charge in [0.05, 0.1) is 0 Å². The summed E-state index contributed by atoms with van der Waals surface area (Å²) in [5, 5.41) is 17.6. The average molecular weight is 263 g/mol. The van der Waals surface area contributed by atoms with E-state index in [4.69, 9.17) is 10.2 Å². The van der Waals surface area contributed by atoms with Crippen molar-refractivity contribution >= 4 is 11.9 Å². The van der Waals surface area contributed by atoms with Crippen molar-refractivity contribution < 1.29 is 36.8 Å². The van der Waals surface area contributed by atoms with Gasteiger partial charge in [-0.2, -0.15) is 0 Å². The highest BCUT2D eigenvalue weighted by atomic mass is 35.5. The zero-order valence-corrected chi connectivity index (χ0v) is 10.2. The highest BCUT2D eigenvalue weighted by Crippen LogP contribution is 2.12. The summed E-state index contributed by atoms with van der Waals surface area (Å²) in [4.78, 5) is 21.4. The number of carbonyl (C=O) groups is 2. The smallest absolute Gasteiger partial charge is 0.349 e. The highest BCUT2D eigenvalue weighted by Gasteiger charge is 2.23. The Labute approximate surface area is 105 Å². The molecule has 17 heavy (non-hydrogen) atoms. The number of rotatable bonds is 6. The molecule has 1 heterocycles. The maximum atomic E-state index is 11.0. The molecule has 7 heteroatoms. The van der Waals surface area contributed by atoms with Gasteiger partial charge in [-0.3, -0.25) is 0 Å². The number of halogens is 1. The molecule has 1 rings (SSSR count). The Morgan fingerprint density at radius 3 is 2.53 bits per heavy atom. The van der Waals surface area contributed by atoms with Crippen molar-refractivity contribution in [2.75, 3.05) is 0 Å². The van der Waals surface area contributed by atoms with Gasteiger partial charge in [-0.05, 0) is 6.42 Å². The largest absolute Gasteiger partial charge is 1.00 e. The van der Waals surface area contributed by atoms with Crippen LogP contribution in [0.25, 0.3) is 0 Å². The van der Waals surface area contributed by atoms with E-state index in [1.54, 1.807) is 12.4 Å². The van der Waals surface area contributed by atoms with Crippen molar-refractivity contribution in [2.45, 2.75) is 32.4 Å². The van der Waals surface area contributed by atoms with Crippen LogP contribution in [0.2, 0.25) is 0 Å². The minimum atomic E-state index is -0.954. The quantitative estimate of drug-likeness (QED) is 0.546. The molecule has 96 valence electrons.